The standard InChI is InChI=1S/C15H15N3O2S/c1-2-18(12-6-4-3-5-7-12)21(19,20)13-8-9-14-15(10-13)17-11-16-14/h3-11H,2H2,1H3,(H,16,17). The Morgan fingerprint density at radius 1 is 1.14 bits per heavy atom. The lowest BCUT2D eigenvalue weighted by Gasteiger charge is -2.22. The van der Waals surface area contributed by atoms with Crippen LogP contribution in [-0.4, -0.2) is 24.9 Å². The van der Waals surface area contributed by atoms with Crippen LogP contribution in [0.4, 0.5) is 5.69 Å². The van der Waals surface area contributed by atoms with Crippen LogP contribution < -0.4 is 4.31 Å². The van der Waals surface area contributed by atoms with Gasteiger partial charge in [-0.2, -0.15) is 0 Å². The van der Waals surface area contributed by atoms with Crippen LogP contribution in [0.1, 0.15) is 6.92 Å². The Bertz CT molecular complexity index is 857. The molecular formula is C15H15N3O2S. The second kappa shape index (κ2) is 5.21. The van der Waals surface area contributed by atoms with Crippen molar-refractivity contribution in [2.75, 3.05) is 10.8 Å². The highest BCUT2D eigenvalue weighted by Gasteiger charge is 2.23. The molecule has 0 amide bonds. The third kappa shape index (κ3) is 2.38. The number of aromatic nitrogens is 2. The van der Waals surface area contributed by atoms with Gasteiger partial charge in [-0.25, -0.2) is 13.4 Å². The molecular weight excluding hydrogens is 286 g/mol. The lowest BCUT2D eigenvalue weighted by atomic mass is 10.3. The summed E-state index contributed by atoms with van der Waals surface area (Å²) in [4.78, 5) is 7.29. The second-order valence-corrected chi connectivity index (χ2v) is 6.45. The lowest BCUT2D eigenvalue weighted by molar-refractivity contribution is 0.592. The predicted molar refractivity (Wildman–Crippen MR) is 82.7 cm³/mol. The molecule has 0 atom stereocenters. The summed E-state index contributed by atoms with van der Waals surface area (Å²) in [5.74, 6) is 0. The lowest BCUT2D eigenvalue weighted by Crippen LogP contribution is -2.30. The number of benzene rings is 2. The van der Waals surface area contributed by atoms with Crippen LogP contribution in [0.25, 0.3) is 11.0 Å². The number of fused-ring (bicyclic) bond motifs is 1. The van der Waals surface area contributed by atoms with Crippen LogP contribution in [0.5, 0.6) is 0 Å². The smallest absolute Gasteiger partial charge is 0.264 e. The summed E-state index contributed by atoms with van der Waals surface area (Å²) in [5, 5.41) is 0. The average Bonchev–Trinajstić information content (AvgIpc) is 2.96. The fraction of sp³-hybridized carbons (Fsp3) is 0.133. The molecule has 3 rings (SSSR count). The molecule has 0 fully saturated rings. The van der Waals surface area contributed by atoms with Crippen molar-refractivity contribution in [2.45, 2.75) is 11.8 Å². The number of aromatic amines is 1. The fourth-order valence-electron chi connectivity index (χ4n) is 2.29. The minimum Gasteiger partial charge on any atom is -0.345 e. The number of hydrogen-bond donors (Lipinski definition) is 1. The number of imidazole rings is 1. The van der Waals surface area contributed by atoms with Gasteiger partial charge in [0.25, 0.3) is 10.0 Å². The Hall–Kier alpha value is -2.34. The summed E-state index contributed by atoms with van der Waals surface area (Å²) in [7, 11) is -3.59. The number of nitrogens with one attached hydrogen (secondary N) is 1. The Kier molecular flexibility index (Phi) is 3.39. The molecule has 2 aromatic carbocycles. The van der Waals surface area contributed by atoms with Crippen molar-refractivity contribution < 1.29 is 8.42 Å². The molecule has 0 saturated heterocycles. The quantitative estimate of drug-likeness (QED) is 0.806. The van der Waals surface area contributed by atoms with Crippen molar-refractivity contribution in [1.82, 2.24) is 9.97 Å². The molecule has 0 spiro atoms. The topological polar surface area (TPSA) is 66.1 Å². The minimum absolute atomic E-state index is 0.255. The predicted octanol–water partition coefficient (Wildman–Crippen LogP) is 2.78. The maximum absolute atomic E-state index is 12.8. The van der Waals surface area contributed by atoms with Crippen LogP contribution in [-0.2, 0) is 10.0 Å². The van der Waals surface area contributed by atoms with Gasteiger partial charge in [0.1, 0.15) is 0 Å². The molecule has 21 heavy (non-hydrogen) atoms. The molecule has 108 valence electrons. The van der Waals surface area contributed by atoms with Crippen LogP contribution in [0, 0.1) is 0 Å². The molecule has 0 unspecified atom stereocenters. The SMILES string of the molecule is CCN(c1ccccc1)S(=O)(=O)c1ccc2nc[nH]c2c1. The number of rotatable bonds is 4. The molecule has 1 aromatic heterocycles. The van der Waals surface area contributed by atoms with Gasteiger partial charge in [-0.15, -0.1) is 0 Å². The van der Waals surface area contributed by atoms with E-state index < -0.39 is 10.0 Å². The summed E-state index contributed by atoms with van der Waals surface area (Å²) in [6, 6.07) is 14.0. The summed E-state index contributed by atoms with van der Waals surface area (Å²) >= 11 is 0. The van der Waals surface area contributed by atoms with Crippen molar-refractivity contribution in [1.29, 1.82) is 0 Å². The number of nitrogens with zero attached hydrogens (tertiary/aromatic N) is 2. The summed E-state index contributed by atoms with van der Waals surface area (Å²) < 4.78 is 27.0. The maximum Gasteiger partial charge on any atom is 0.264 e. The van der Waals surface area contributed by atoms with E-state index in [-0.39, 0.29) is 4.90 Å². The zero-order chi connectivity index (χ0) is 14.9. The van der Waals surface area contributed by atoms with E-state index in [2.05, 4.69) is 9.97 Å². The average molecular weight is 301 g/mol. The van der Waals surface area contributed by atoms with Gasteiger partial charge in [0.05, 0.1) is 27.9 Å². The van der Waals surface area contributed by atoms with Gasteiger partial charge in [0.2, 0.25) is 0 Å². The van der Waals surface area contributed by atoms with E-state index in [1.165, 1.54) is 4.31 Å². The number of H-pyrrole nitrogens is 1. The highest BCUT2D eigenvalue weighted by molar-refractivity contribution is 7.92. The number of sulfonamides is 1. The van der Waals surface area contributed by atoms with Gasteiger partial charge in [-0.05, 0) is 37.3 Å². The molecule has 0 aliphatic rings. The molecule has 5 nitrogen and oxygen atoms in total. The third-order valence-corrected chi connectivity index (χ3v) is 5.21. The molecule has 3 aromatic rings. The van der Waals surface area contributed by atoms with Crippen molar-refractivity contribution in [2.24, 2.45) is 0 Å². The van der Waals surface area contributed by atoms with Crippen molar-refractivity contribution >= 4 is 26.7 Å². The van der Waals surface area contributed by atoms with Gasteiger partial charge in [0.15, 0.2) is 0 Å². The molecule has 0 saturated carbocycles. The Balaban J connectivity index is 2.09. The van der Waals surface area contributed by atoms with Crippen molar-refractivity contribution in [3.8, 4) is 0 Å². The Labute approximate surface area is 123 Å². The molecule has 0 aliphatic heterocycles. The summed E-state index contributed by atoms with van der Waals surface area (Å²) in [5.41, 5.74) is 2.11. The molecule has 0 radical (unpaired) electrons. The molecule has 1 heterocycles. The Morgan fingerprint density at radius 2 is 1.90 bits per heavy atom. The van der Waals surface area contributed by atoms with E-state index >= 15 is 0 Å². The fourth-order valence-corrected chi connectivity index (χ4v) is 3.79. The monoisotopic (exact) mass is 301 g/mol. The number of anilines is 1. The van der Waals surface area contributed by atoms with E-state index in [9.17, 15) is 8.42 Å². The van der Waals surface area contributed by atoms with Crippen molar-refractivity contribution in [3.63, 3.8) is 0 Å². The van der Waals surface area contributed by atoms with Gasteiger partial charge >= 0.3 is 0 Å². The molecule has 1 N–H and O–H groups in total. The summed E-state index contributed by atoms with van der Waals surface area (Å²) in [6.07, 6.45) is 1.55. The van der Waals surface area contributed by atoms with Crippen LogP contribution in [0.3, 0.4) is 0 Å². The highest BCUT2D eigenvalue weighted by atomic mass is 32.2. The maximum atomic E-state index is 12.8. The van der Waals surface area contributed by atoms with Gasteiger partial charge in [-0.1, -0.05) is 18.2 Å². The van der Waals surface area contributed by atoms with Gasteiger partial charge in [0, 0.05) is 6.54 Å². The van der Waals surface area contributed by atoms with E-state index in [4.69, 9.17) is 0 Å². The number of para-hydroxylation sites is 1. The van der Waals surface area contributed by atoms with Crippen LogP contribution in [0.2, 0.25) is 0 Å². The number of hydrogen-bond acceptors (Lipinski definition) is 3. The van der Waals surface area contributed by atoms with E-state index in [1.54, 1.807) is 36.7 Å². The van der Waals surface area contributed by atoms with Crippen LogP contribution >= 0.6 is 0 Å². The second-order valence-electron chi connectivity index (χ2n) is 4.59. The molecule has 0 aliphatic carbocycles. The third-order valence-electron chi connectivity index (χ3n) is 3.31. The van der Waals surface area contributed by atoms with Crippen LogP contribution in [0.15, 0.2) is 59.8 Å². The first-order chi connectivity index (χ1) is 10.1. The van der Waals surface area contributed by atoms with E-state index in [1.807, 2.05) is 25.1 Å². The zero-order valence-electron chi connectivity index (χ0n) is 11.5. The largest absolute Gasteiger partial charge is 0.345 e. The van der Waals surface area contributed by atoms with Crippen molar-refractivity contribution in [3.05, 3.63) is 54.9 Å². The summed E-state index contributed by atoms with van der Waals surface area (Å²) in [6.45, 7) is 2.19. The normalized spacial score (nSPS) is 11.7. The van der Waals surface area contributed by atoms with E-state index in [0.29, 0.717) is 17.7 Å². The Morgan fingerprint density at radius 3 is 2.62 bits per heavy atom. The zero-order valence-corrected chi connectivity index (χ0v) is 12.3. The van der Waals surface area contributed by atoms with E-state index in [0.717, 1.165) is 5.52 Å². The molecule has 6 heteroatoms. The first-order valence-electron chi connectivity index (χ1n) is 6.64. The van der Waals surface area contributed by atoms with Gasteiger partial charge < -0.3 is 4.98 Å². The first-order valence-corrected chi connectivity index (χ1v) is 8.08. The molecule has 0 bridgehead atoms. The highest BCUT2D eigenvalue weighted by Crippen LogP contribution is 2.24. The minimum atomic E-state index is -3.59. The first kappa shape index (κ1) is 13.6. The van der Waals surface area contributed by atoms with Gasteiger partial charge in [-0.3, -0.25) is 4.31 Å².